The molecule has 0 amide bonds. The minimum absolute atomic E-state index is 0.303. The van der Waals surface area contributed by atoms with Crippen LogP contribution in [0.5, 0.6) is 5.75 Å². The molecule has 1 N–H and O–H groups in total. The number of hydrogen-bond donors (Lipinski definition) is 1. The van der Waals surface area contributed by atoms with Crippen molar-refractivity contribution in [2.24, 2.45) is 0 Å². The van der Waals surface area contributed by atoms with E-state index in [-0.39, 0.29) is 0 Å². The lowest BCUT2D eigenvalue weighted by Crippen LogP contribution is -2.32. The van der Waals surface area contributed by atoms with E-state index in [4.69, 9.17) is 9.26 Å². The van der Waals surface area contributed by atoms with Crippen molar-refractivity contribution in [2.75, 3.05) is 20.2 Å². The van der Waals surface area contributed by atoms with Gasteiger partial charge in [0.15, 0.2) is 0 Å². The van der Waals surface area contributed by atoms with Gasteiger partial charge in [-0.05, 0) is 49.7 Å². The number of rotatable bonds is 5. The number of aromatic amines is 1. The van der Waals surface area contributed by atoms with Crippen LogP contribution < -0.4 is 4.74 Å². The maximum Gasteiger partial charge on any atom is 0.230 e. The van der Waals surface area contributed by atoms with E-state index >= 15 is 0 Å². The van der Waals surface area contributed by atoms with E-state index in [0.29, 0.717) is 11.7 Å². The maximum atomic E-state index is 5.60. The van der Waals surface area contributed by atoms with Crippen molar-refractivity contribution in [2.45, 2.75) is 25.3 Å². The molecule has 0 atom stereocenters. The van der Waals surface area contributed by atoms with Crippen LogP contribution in [-0.4, -0.2) is 45.4 Å². The van der Waals surface area contributed by atoms with Gasteiger partial charge in [-0.25, -0.2) is 0 Å². The average molecular weight is 389 g/mol. The lowest BCUT2D eigenvalue weighted by Gasteiger charge is -2.30. The van der Waals surface area contributed by atoms with Crippen LogP contribution in [0.25, 0.3) is 22.3 Å². The first-order chi connectivity index (χ1) is 14.3. The van der Waals surface area contributed by atoms with Crippen LogP contribution in [0, 0.1) is 0 Å². The zero-order valence-electron chi connectivity index (χ0n) is 16.3. The number of likely N-dealkylation sites (tertiary alicyclic amines) is 1. The molecule has 3 heterocycles. The summed E-state index contributed by atoms with van der Waals surface area (Å²) in [7, 11) is 1.65. The van der Waals surface area contributed by atoms with E-state index in [1.807, 2.05) is 30.5 Å². The SMILES string of the molecule is COc1ccccc1-c1noc(C2CCN(Cc3ccc4cn[nH]c4c3)CC2)n1. The number of fused-ring (bicyclic) bond motifs is 1. The Hall–Kier alpha value is -3.19. The second kappa shape index (κ2) is 7.67. The van der Waals surface area contributed by atoms with Crippen molar-refractivity contribution < 1.29 is 9.26 Å². The summed E-state index contributed by atoms with van der Waals surface area (Å²) in [4.78, 5) is 7.14. The number of piperidine rings is 1. The van der Waals surface area contributed by atoms with Gasteiger partial charge in [0.2, 0.25) is 11.7 Å². The molecule has 5 rings (SSSR count). The Morgan fingerprint density at radius 3 is 2.90 bits per heavy atom. The molecule has 0 spiro atoms. The normalized spacial score (nSPS) is 15.8. The molecule has 2 aromatic carbocycles. The molecule has 148 valence electrons. The zero-order chi connectivity index (χ0) is 19.6. The third-order valence-corrected chi connectivity index (χ3v) is 5.64. The summed E-state index contributed by atoms with van der Waals surface area (Å²) in [5.41, 5.74) is 3.25. The largest absolute Gasteiger partial charge is 0.496 e. The molecule has 0 bridgehead atoms. The lowest BCUT2D eigenvalue weighted by atomic mass is 9.96. The van der Waals surface area contributed by atoms with Gasteiger partial charge in [-0.3, -0.25) is 10.00 Å². The molecule has 1 saturated heterocycles. The highest BCUT2D eigenvalue weighted by atomic mass is 16.5. The highest BCUT2D eigenvalue weighted by molar-refractivity contribution is 5.78. The van der Waals surface area contributed by atoms with Crippen LogP contribution in [0.3, 0.4) is 0 Å². The van der Waals surface area contributed by atoms with Gasteiger partial charge in [0.1, 0.15) is 5.75 Å². The molecular formula is C22H23N5O2. The monoisotopic (exact) mass is 389 g/mol. The summed E-state index contributed by atoms with van der Waals surface area (Å²) in [6, 6.07) is 14.2. The van der Waals surface area contributed by atoms with Crippen molar-refractivity contribution in [1.29, 1.82) is 0 Å². The quantitative estimate of drug-likeness (QED) is 0.556. The Balaban J connectivity index is 1.23. The number of nitrogens with zero attached hydrogens (tertiary/aromatic N) is 4. The van der Waals surface area contributed by atoms with Crippen molar-refractivity contribution in [3.05, 3.63) is 60.1 Å². The molecule has 4 aromatic rings. The first-order valence-corrected chi connectivity index (χ1v) is 9.91. The second-order valence-electron chi connectivity index (χ2n) is 7.50. The molecule has 1 aliphatic rings. The van der Waals surface area contributed by atoms with Crippen LogP contribution in [0.15, 0.2) is 53.2 Å². The molecule has 0 radical (unpaired) electrons. The van der Waals surface area contributed by atoms with Crippen molar-refractivity contribution in [3.8, 4) is 17.1 Å². The molecule has 1 aliphatic heterocycles. The van der Waals surface area contributed by atoms with Crippen LogP contribution in [0.4, 0.5) is 0 Å². The summed E-state index contributed by atoms with van der Waals surface area (Å²) >= 11 is 0. The summed E-state index contributed by atoms with van der Waals surface area (Å²) in [6.45, 7) is 2.97. The molecule has 7 heteroatoms. The van der Waals surface area contributed by atoms with E-state index in [2.05, 4.69) is 43.4 Å². The van der Waals surface area contributed by atoms with E-state index in [9.17, 15) is 0 Å². The van der Waals surface area contributed by atoms with E-state index in [1.165, 1.54) is 5.56 Å². The van der Waals surface area contributed by atoms with Crippen molar-refractivity contribution in [3.63, 3.8) is 0 Å². The van der Waals surface area contributed by atoms with Gasteiger partial charge in [0.25, 0.3) is 0 Å². The molecule has 29 heavy (non-hydrogen) atoms. The van der Waals surface area contributed by atoms with Gasteiger partial charge >= 0.3 is 0 Å². The molecule has 2 aromatic heterocycles. The molecule has 0 aliphatic carbocycles. The van der Waals surface area contributed by atoms with Crippen LogP contribution in [-0.2, 0) is 6.54 Å². The molecule has 0 unspecified atom stereocenters. The number of benzene rings is 2. The van der Waals surface area contributed by atoms with Gasteiger partial charge < -0.3 is 9.26 Å². The molecule has 7 nitrogen and oxygen atoms in total. The summed E-state index contributed by atoms with van der Waals surface area (Å²) in [5, 5.41) is 12.5. The van der Waals surface area contributed by atoms with Crippen molar-refractivity contribution >= 4 is 10.9 Å². The fourth-order valence-electron chi connectivity index (χ4n) is 4.02. The Kier molecular flexibility index (Phi) is 4.73. The third-order valence-electron chi connectivity index (χ3n) is 5.64. The van der Waals surface area contributed by atoms with Gasteiger partial charge in [0, 0.05) is 17.8 Å². The maximum absolute atomic E-state index is 5.60. The summed E-state index contributed by atoms with van der Waals surface area (Å²) in [5.74, 6) is 2.37. The minimum Gasteiger partial charge on any atom is -0.496 e. The summed E-state index contributed by atoms with van der Waals surface area (Å²) in [6.07, 6.45) is 3.88. The minimum atomic E-state index is 0.303. The number of aromatic nitrogens is 4. The second-order valence-corrected chi connectivity index (χ2v) is 7.50. The Morgan fingerprint density at radius 1 is 1.17 bits per heavy atom. The predicted molar refractivity (Wildman–Crippen MR) is 110 cm³/mol. The van der Waals surface area contributed by atoms with E-state index < -0.39 is 0 Å². The van der Waals surface area contributed by atoms with E-state index in [0.717, 1.165) is 60.6 Å². The fourth-order valence-corrected chi connectivity index (χ4v) is 4.02. The number of nitrogens with one attached hydrogen (secondary N) is 1. The standard InChI is InChI=1S/C22H23N5O2/c1-28-20-5-3-2-4-18(20)21-24-22(29-26-21)16-8-10-27(11-9-16)14-15-6-7-17-13-23-25-19(17)12-15/h2-7,12-13,16H,8-11,14H2,1H3,(H,23,25). The van der Waals surface area contributed by atoms with E-state index in [1.54, 1.807) is 7.11 Å². The fraction of sp³-hybridized carbons (Fsp3) is 0.318. The van der Waals surface area contributed by atoms with Crippen LogP contribution >= 0.6 is 0 Å². The van der Waals surface area contributed by atoms with Gasteiger partial charge in [-0.2, -0.15) is 10.1 Å². The van der Waals surface area contributed by atoms with Gasteiger partial charge in [-0.15, -0.1) is 0 Å². The number of ether oxygens (including phenoxy) is 1. The lowest BCUT2D eigenvalue weighted by molar-refractivity contribution is 0.188. The molecular weight excluding hydrogens is 366 g/mol. The highest BCUT2D eigenvalue weighted by Gasteiger charge is 2.26. The Morgan fingerprint density at radius 2 is 2.03 bits per heavy atom. The number of H-pyrrole nitrogens is 1. The van der Waals surface area contributed by atoms with Crippen LogP contribution in [0.1, 0.15) is 30.2 Å². The first kappa shape index (κ1) is 17.9. The number of methoxy groups -OCH3 is 1. The first-order valence-electron chi connectivity index (χ1n) is 9.91. The third kappa shape index (κ3) is 3.61. The van der Waals surface area contributed by atoms with Crippen molar-refractivity contribution in [1.82, 2.24) is 25.2 Å². The smallest absolute Gasteiger partial charge is 0.230 e. The van der Waals surface area contributed by atoms with Gasteiger partial charge in [-0.1, -0.05) is 29.4 Å². The zero-order valence-corrected chi connectivity index (χ0v) is 16.3. The summed E-state index contributed by atoms with van der Waals surface area (Å²) < 4.78 is 11.0. The Bertz CT molecular complexity index is 1110. The number of hydrogen-bond acceptors (Lipinski definition) is 6. The molecule has 0 saturated carbocycles. The topological polar surface area (TPSA) is 80.1 Å². The average Bonchev–Trinajstić information content (AvgIpc) is 3.44. The molecule has 1 fully saturated rings. The van der Waals surface area contributed by atoms with Gasteiger partial charge in [0.05, 0.1) is 24.4 Å². The predicted octanol–water partition coefficient (Wildman–Crippen LogP) is 4.00. The highest BCUT2D eigenvalue weighted by Crippen LogP contribution is 2.32. The van der Waals surface area contributed by atoms with Crippen LogP contribution in [0.2, 0.25) is 0 Å². The Labute approximate surface area is 168 Å². The number of para-hydroxylation sites is 1.